The summed E-state index contributed by atoms with van der Waals surface area (Å²) in [6.45, 7) is 0. The van der Waals surface area contributed by atoms with E-state index in [-0.39, 0.29) is 0 Å². The molecule has 0 bridgehead atoms. The Balaban J connectivity index is 1.43. The monoisotopic (exact) mass is 619 g/mol. The van der Waals surface area contributed by atoms with Gasteiger partial charge < -0.3 is 9.97 Å². The quantitative estimate of drug-likeness (QED) is 0.158. The van der Waals surface area contributed by atoms with E-state index in [9.17, 15) is 0 Å². The van der Waals surface area contributed by atoms with Crippen LogP contribution in [0.1, 0.15) is 34.5 Å². The molecule has 0 amide bonds. The van der Waals surface area contributed by atoms with Gasteiger partial charge in [-0.15, -0.1) is 10.2 Å². The van der Waals surface area contributed by atoms with Crippen LogP contribution in [0.4, 0.5) is 5.95 Å². The van der Waals surface area contributed by atoms with Gasteiger partial charge in [-0.2, -0.15) is 46.1 Å². The van der Waals surface area contributed by atoms with Crippen molar-refractivity contribution < 1.29 is 0 Å². The van der Waals surface area contributed by atoms with Crippen molar-refractivity contribution in [2.45, 2.75) is 11.5 Å². The normalized spacial score (nSPS) is 18.4. The van der Waals surface area contributed by atoms with Crippen LogP contribution in [0.3, 0.4) is 0 Å². The second-order valence-electron chi connectivity index (χ2n) is 11.1. The molecule has 1 aliphatic rings. The molecule has 0 saturated heterocycles. The Morgan fingerprint density at radius 3 is 2.47 bits per heavy atom. The summed E-state index contributed by atoms with van der Waals surface area (Å²) in [7, 11) is 0. The third-order valence-corrected chi connectivity index (χ3v) is 8.77. The van der Waals surface area contributed by atoms with E-state index in [0.29, 0.717) is 40.0 Å². The van der Waals surface area contributed by atoms with Crippen LogP contribution in [0, 0.1) is 0 Å². The molecule has 1 aliphatic heterocycles. The number of hydrogen-bond acceptors (Lipinski definition) is 11. The first kappa shape index (κ1) is 25.3. The first-order chi connectivity index (χ1) is 23.3. The van der Waals surface area contributed by atoms with Crippen molar-refractivity contribution in [3.63, 3.8) is 0 Å². The Bertz CT molecular complexity index is 2490. The van der Waals surface area contributed by atoms with Gasteiger partial charge in [0.1, 0.15) is 40.1 Å². The Labute approximate surface area is 261 Å². The van der Waals surface area contributed by atoms with Crippen LogP contribution >= 0.6 is 0 Å². The summed E-state index contributed by atoms with van der Waals surface area (Å²) in [6.07, 6.45) is 3.14. The molecular formula is C30H21N17. The first-order valence-electron chi connectivity index (χ1n) is 14.6. The third-order valence-electron chi connectivity index (χ3n) is 8.77. The van der Waals surface area contributed by atoms with E-state index >= 15 is 0 Å². The lowest BCUT2D eigenvalue weighted by atomic mass is 9.72. The van der Waals surface area contributed by atoms with Crippen LogP contribution in [-0.4, -0.2) is 81.6 Å². The highest BCUT2D eigenvalue weighted by Gasteiger charge is 2.62. The van der Waals surface area contributed by atoms with Crippen molar-refractivity contribution in [1.82, 2.24) is 81.6 Å². The highest BCUT2D eigenvalue weighted by atomic mass is 15.5. The molecule has 10 rings (SSSR count). The zero-order valence-electron chi connectivity index (χ0n) is 24.1. The van der Waals surface area contributed by atoms with Crippen molar-refractivity contribution >= 4 is 50.2 Å². The molecule has 2 unspecified atom stereocenters. The Morgan fingerprint density at radius 1 is 0.766 bits per heavy atom. The average molecular weight is 620 g/mol. The van der Waals surface area contributed by atoms with Crippen LogP contribution in [0.25, 0.3) is 44.2 Å². The van der Waals surface area contributed by atoms with E-state index in [1.54, 1.807) is 6.20 Å². The number of hydrogen-bond donors (Lipinski definition) is 6. The minimum atomic E-state index is -1.29. The number of imidazole rings is 1. The number of tetrazole rings is 1. The van der Waals surface area contributed by atoms with Gasteiger partial charge in [0.05, 0.1) is 23.1 Å². The fraction of sp³-hybridized carbons (Fsp3) is 0.0667. The van der Waals surface area contributed by atoms with Gasteiger partial charge in [-0.3, -0.25) is 4.90 Å². The van der Waals surface area contributed by atoms with E-state index in [0.717, 1.165) is 38.8 Å². The number of aromatic amines is 6. The van der Waals surface area contributed by atoms with Gasteiger partial charge in [-0.05, 0) is 40.9 Å². The molecule has 6 N–H and O–H groups in total. The standard InChI is InChI=1S/C30H21N17/c1-2-8-17-15(6-1)12-21(34-17)23-24(27-35-18-9-3-4-10-19(18)36-27)30(22-13-32-43-38-22,16-7-5-11-20-25(16)39-44-37-20)47(29-31-14-33-42-29)26(23)28-40-45-46-41-28/h1-14,24,34H,(H,35,36)(H,31,33,42)(H,32,38,43)(H,37,39,44)(H,40,41,45,46). The van der Waals surface area contributed by atoms with E-state index < -0.39 is 11.5 Å². The highest BCUT2D eigenvalue weighted by Crippen LogP contribution is 2.62. The van der Waals surface area contributed by atoms with Crippen LogP contribution in [0.15, 0.2) is 85.3 Å². The fourth-order valence-electron chi connectivity index (χ4n) is 7.02. The SMILES string of the molecule is c1ccc2[nH]c(C3=C(c4nn[nH]n4)N(c4ncn[nH]4)C(c4cn[nH]n4)(c4cccc5n[nH]nc45)C3c3nc4ccccc4[nH]3)cc2c1. The number of rotatable bonds is 6. The molecule has 47 heavy (non-hydrogen) atoms. The topological polar surface area (TPSA) is 227 Å². The molecule has 17 heteroatoms. The second kappa shape index (κ2) is 9.48. The molecule has 0 fully saturated rings. The Morgan fingerprint density at radius 2 is 1.66 bits per heavy atom. The maximum Gasteiger partial charge on any atom is 0.226 e. The number of para-hydroxylation sites is 4. The number of H-pyrrole nitrogens is 6. The van der Waals surface area contributed by atoms with Crippen molar-refractivity contribution in [3.8, 4) is 0 Å². The summed E-state index contributed by atoms with van der Waals surface area (Å²) in [6, 6.07) is 23.9. The molecule has 226 valence electrons. The summed E-state index contributed by atoms with van der Waals surface area (Å²) in [5.41, 5.74) is 6.06. The van der Waals surface area contributed by atoms with Crippen LogP contribution in [0.2, 0.25) is 0 Å². The predicted octanol–water partition coefficient (Wildman–Crippen LogP) is 3.18. The van der Waals surface area contributed by atoms with Gasteiger partial charge in [-0.25, -0.2) is 10.1 Å². The maximum atomic E-state index is 5.21. The molecule has 7 heterocycles. The summed E-state index contributed by atoms with van der Waals surface area (Å²) in [4.78, 5) is 19.2. The number of fused-ring (bicyclic) bond motifs is 3. The number of nitrogens with zero attached hydrogens (tertiary/aromatic N) is 11. The van der Waals surface area contributed by atoms with Gasteiger partial charge >= 0.3 is 0 Å². The zero-order chi connectivity index (χ0) is 31.0. The largest absolute Gasteiger partial charge is 0.355 e. The molecule has 17 nitrogen and oxygen atoms in total. The number of aromatic nitrogens is 16. The first-order valence-corrected chi connectivity index (χ1v) is 14.6. The lowest BCUT2D eigenvalue weighted by Gasteiger charge is -2.41. The lowest BCUT2D eigenvalue weighted by Crippen LogP contribution is -2.48. The summed E-state index contributed by atoms with van der Waals surface area (Å²) in [5, 5.41) is 47.9. The zero-order valence-corrected chi connectivity index (χ0v) is 24.1. The van der Waals surface area contributed by atoms with Crippen molar-refractivity contribution in [2.24, 2.45) is 0 Å². The minimum Gasteiger partial charge on any atom is -0.355 e. The van der Waals surface area contributed by atoms with Gasteiger partial charge in [0.15, 0.2) is 0 Å². The average Bonchev–Trinajstić information content (AvgIpc) is 3.96. The van der Waals surface area contributed by atoms with E-state index in [2.05, 4.69) is 78.6 Å². The lowest BCUT2D eigenvalue weighted by molar-refractivity contribution is 0.471. The van der Waals surface area contributed by atoms with Crippen molar-refractivity contribution in [2.75, 3.05) is 4.90 Å². The Kier molecular flexibility index (Phi) is 5.10. The third kappa shape index (κ3) is 3.46. The summed E-state index contributed by atoms with van der Waals surface area (Å²) < 4.78 is 0. The molecule has 0 spiro atoms. The maximum absolute atomic E-state index is 5.21. The van der Waals surface area contributed by atoms with Crippen molar-refractivity contribution in [1.29, 1.82) is 0 Å². The smallest absolute Gasteiger partial charge is 0.226 e. The van der Waals surface area contributed by atoms with Gasteiger partial charge in [0, 0.05) is 22.3 Å². The van der Waals surface area contributed by atoms with E-state index in [1.807, 2.05) is 65.6 Å². The molecule has 2 atom stereocenters. The molecule has 6 aromatic heterocycles. The molecule has 0 aliphatic carbocycles. The molecule has 9 aromatic rings. The summed E-state index contributed by atoms with van der Waals surface area (Å²) >= 11 is 0. The van der Waals surface area contributed by atoms with E-state index in [1.165, 1.54) is 6.33 Å². The number of nitrogens with one attached hydrogen (secondary N) is 6. The van der Waals surface area contributed by atoms with Gasteiger partial charge in [-0.1, -0.05) is 42.5 Å². The van der Waals surface area contributed by atoms with Gasteiger partial charge in [0.2, 0.25) is 11.8 Å². The minimum absolute atomic E-state index is 0.314. The molecular weight excluding hydrogens is 598 g/mol. The van der Waals surface area contributed by atoms with Crippen molar-refractivity contribution in [3.05, 3.63) is 114 Å². The highest BCUT2D eigenvalue weighted by molar-refractivity contribution is 6.05. The van der Waals surface area contributed by atoms with Crippen LogP contribution < -0.4 is 4.90 Å². The van der Waals surface area contributed by atoms with Gasteiger partial charge in [0.25, 0.3) is 0 Å². The fourth-order valence-corrected chi connectivity index (χ4v) is 7.02. The summed E-state index contributed by atoms with van der Waals surface area (Å²) in [5.74, 6) is 0.703. The number of anilines is 1. The van der Waals surface area contributed by atoms with E-state index in [4.69, 9.17) is 15.1 Å². The van der Waals surface area contributed by atoms with Crippen LogP contribution in [0.5, 0.6) is 0 Å². The molecule has 0 saturated carbocycles. The van der Waals surface area contributed by atoms with Crippen LogP contribution in [-0.2, 0) is 5.54 Å². The predicted molar refractivity (Wildman–Crippen MR) is 168 cm³/mol. The second-order valence-corrected chi connectivity index (χ2v) is 11.1. The Hall–Kier alpha value is -7.04. The number of benzene rings is 3. The molecule has 0 radical (unpaired) electrons. The molecule has 3 aromatic carbocycles.